The van der Waals surface area contributed by atoms with Gasteiger partial charge in [-0.3, -0.25) is 15.0 Å². The third-order valence-electron chi connectivity index (χ3n) is 5.31. The maximum atomic E-state index is 14.9. The predicted molar refractivity (Wildman–Crippen MR) is 122 cm³/mol. The Labute approximate surface area is 187 Å². The molecule has 0 unspecified atom stereocenters. The highest BCUT2D eigenvalue weighted by atomic mass is 32.2. The number of ether oxygens (including phenoxy) is 1. The molecule has 0 radical (unpaired) electrons. The van der Waals surface area contributed by atoms with Gasteiger partial charge in [-0.15, -0.1) is 0 Å². The summed E-state index contributed by atoms with van der Waals surface area (Å²) >= 11 is 2.86. The molecule has 2 aliphatic rings. The first-order valence-corrected chi connectivity index (χ1v) is 12.0. The Morgan fingerprint density at radius 2 is 1.97 bits per heavy atom. The number of cyclic esters (lactones) is 1. The summed E-state index contributed by atoms with van der Waals surface area (Å²) < 4.78 is 20.3. The molecule has 0 saturated carbocycles. The van der Waals surface area contributed by atoms with E-state index in [1.54, 1.807) is 30.0 Å². The fourth-order valence-electron chi connectivity index (χ4n) is 3.74. The van der Waals surface area contributed by atoms with Gasteiger partial charge in [-0.25, -0.2) is 9.18 Å². The van der Waals surface area contributed by atoms with Crippen LogP contribution in [0.15, 0.2) is 30.3 Å². The molecule has 11 heteroatoms. The molecule has 1 aromatic heterocycles. The van der Waals surface area contributed by atoms with Crippen molar-refractivity contribution in [1.82, 2.24) is 0 Å². The number of carbonyl (C=O) groups is 1. The summed E-state index contributed by atoms with van der Waals surface area (Å²) in [6.45, 7) is 4.98. The average molecular weight is 467 g/mol. The minimum atomic E-state index is -0.437. The lowest BCUT2D eigenvalue weighted by Crippen LogP contribution is -2.46. The molecular weight excluding hydrogens is 443 g/mol. The lowest BCUT2D eigenvalue weighted by Gasteiger charge is -2.36. The molecule has 3 heterocycles. The maximum Gasteiger partial charge on any atom is 0.414 e. The number of rotatable bonds is 7. The summed E-state index contributed by atoms with van der Waals surface area (Å²) in [6, 6.07) is 8.12. The monoisotopic (exact) mass is 466 g/mol. The highest BCUT2D eigenvalue weighted by Gasteiger charge is 2.33. The van der Waals surface area contributed by atoms with Gasteiger partial charge in [0.05, 0.1) is 27.8 Å². The number of anilines is 3. The number of halogens is 1. The number of carbonyl (C=O) groups excluding carboxylic acids is 1. The maximum absolute atomic E-state index is 14.9. The quantitative estimate of drug-likeness (QED) is 0.447. The number of piperazine rings is 1. The molecule has 0 aliphatic carbocycles. The van der Waals surface area contributed by atoms with Gasteiger partial charge in [0.25, 0.3) is 0 Å². The molecule has 2 aromatic rings. The van der Waals surface area contributed by atoms with E-state index in [0.717, 1.165) is 27.8 Å². The molecule has 2 aliphatic heterocycles. The van der Waals surface area contributed by atoms with Crippen LogP contribution in [0.25, 0.3) is 0 Å². The van der Waals surface area contributed by atoms with Crippen molar-refractivity contribution in [2.45, 2.75) is 13.0 Å². The highest BCUT2D eigenvalue weighted by molar-refractivity contribution is 7.99. The zero-order valence-electron chi connectivity index (χ0n) is 17.0. The Bertz CT molecular complexity index is 964. The van der Waals surface area contributed by atoms with Crippen molar-refractivity contribution in [2.24, 2.45) is 0 Å². The summed E-state index contributed by atoms with van der Waals surface area (Å²) in [4.78, 5) is 28.2. The van der Waals surface area contributed by atoms with Crippen LogP contribution < -0.4 is 14.7 Å². The molecule has 1 aromatic carbocycles. The second-order valence-corrected chi connectivity index (χ2v) is 9.61. The van der Waals surface area contributed by atoms with Gasteiger partial charge in [0, 0.05) is 38.0 Å². The van der Waals surface area contributed by atoms with E-state index in [2.05, 4.69) is 11.8 Å². The van der Waals surface area contributed by atoms with Gasteiger partial charge in [0.15, 0.2) is 0 Å². The molecule has 0 N–H and O–H groups in total. The standard InChI is InChI=1S/C20H23FN4O4S2/c1-2-30-13-15-12-24(20(26)29-15)14-3-4-17(16(21)11-14)22-7-9-23(10-8-22)18-5-6-19(31-18)25(27)28/h3-6,11,15H,2,7-10,12-13H2,1H3/t15-/m1/s1. The van der Waals surface area contributed by atoms with Crippen molar-refractivity contribution in [3.8, 4) is 0 Å². The molecule has 8 nitrogen and oxygen atoms in total. The fourth-order valence-corrected chi connectivity index (χ4v) is 5.29. The van der Waals surface area contributed by atoms with E-state index in [1.165, 1.54) is 17.0 Å². The van der Waals surface area contributed by atoms with Crippen LogP contribution in [-0.2, 0) is 4.74 Å². The van der Waals surface area contributed by atoms with Crippen LogP contribution in [0.4, 0.5) is 30.6 Å². The summed E-state index contributed by atoms with van der Waals surface area (Å²) in [7, 11) is 0. The van der Waals surface area contributed by atoms with Crippen molar-refractivity contribution in [3.63, 3.8) is 0 Å². The number of nitrogens with zero attached hydrogens (tertiary/aromatic N) is 4. The van der Waals surface area contributed by atoms with Gasteiger partial charge in [-0.2, -0.15) is 11.8 Å². The smallest absolute Gasteiger partial charge is 0.414 e. The molecule has 0 bridgehead atoms. The summed E-state index contributed by atoms with van der Waals surface area (Å²) in [5.74, 6) is 1.31. The molecule has 4 rings (SSSR count). The largest absolute Gasteiger partial charge is 0.443 e. The van der Waals surface area contributed by atoms with Crippen LogP contribution >= 0.6 is 23.1 Å². The van der Waals surface area contributed by atoms with Gasteiger partial charge >= 0.3 is 11.1 Å². The Hall–Kier alpha value is -2.53. The molecule has 2 fully saturated rings. The van der Waals surface area contributed by atoms with E-state index in [0.29, 0.717) is 44.1 Å². The van der Waals surface area contributed by atoms with E-state index in [4.69, 9.17) is 4.74 Å². The van der Waals surface area contributed by atoms with Crippen LogP contribution in [-0.4, -0.2) is 61.4 Å². The Morgan fingerprint density at radius 3 is 2.61 bits per heavy atom. The highest BCUT2D eigenvalue weighted by Crippen LogP contribution is 2.33. The molecule has 1 amide bonds. The van der Waals surface area contributed by atoms with Crippen molar-refractivity contribution < 1.29 is 18.8 Å². The first-order chi connectivity index (χ1) is 15.0. The van der Waals surface area contributed by atoms with Crippen LogP contribution in [0.1, 0.15) is 6.92 Å². The zero-order chi connectivity index (χ0) is 22.0. The van der Waals surface area contributed by atoms with Crippen molar-refractivity contribution in [3.05, 3.63) is 46.3 Å². The third kappa shape index (κ3) is 4.72. The lowest BCUT2D eigenvalue weighted by molar-refractivity contribution is -0.380. The summed E-state index contributed by atoms with van der Waals surface area (Å²) in [6.07, 6.45) is -0.617. The van der Waals surface area contributed by atoms with Crippen molar-refractivity contribution in [1.29, 1.82) is 0 Å². The Balaban J connectivity index is 1.39. The normalized spacial score (nSPS) is 19.1. The third-order valence-corrected chi connectivity index (χ3v) is 7.43. The number of amides is 1. The summed E-state index contributed by atoms with van der Waals surface area (Å²) in [5.41, 5.74) is 0.992. The fraction of sp³-hybridized carbons (Fsp3) is 0.450. The van der Waals surface area contributed by atoms with E-state index in [1.807, 2.05) is 4.90 Å². The number of thiophene rings is 1. The van der Waals surface area contributed by atoms with Gasteiger partial charge in [0.1, 0.15) is 11.9 Å². The second-order valence-electron chi connectivity index (χ2n) is 7.25. The first kappa shape index (κ1) is 21.7. The lowest BCUT2D eigenvalue weighted by atomic mass is 10.2. The van der Waals surface area contributed by atoms with E-state index in [-0.39, 0.29) is 21.8 Å². The van der Waals surface area contributed by atoms with E-state index in [9.17, 15) is 19.3 Å². The average Bonchev–Trinajstić information content (AvgIpc) is 3.39. The molecule has 1 atom stereocenters. The number of hydrogen-bond donors (Lipinski definition) is 0. The van der Waals surface area contributed by atoms with Crippen LogP contribution in [0, 0.1) is 15.9 Å². The second kappa shape index (κ2) is 9.31. The van der Waals surface area contributed by atoms with Gasteiger partial charge in [-0.1, -0.05) is 6.92 Å². The Kier molecular flexibility index (Phi) is 6.51. The van der Waals surface area contributed by atoms with Crippen LogP contribution in [0.2, 0.25) is 0 Å². The predicted octanol–water partition coefficient (Wildman–Crippen LogP) is 4.20. The van der Waals surface area contributed by atoms with Crippen LogP contribution in [0.3, 0.4) is 0 Å². The summed E-state index contributed by atoms with van der Waals surface area (Å²) in [5, 5.41) is 11.9. The zero-order valence-corrected chi connectivity index (χ0v) is 18.7. The minimum absolute atomic E-state index is 0.120. The minimum Gasteiger partial charge on any atom is -0.443 e. The van der Waals surface area contributed by atoms with Gasteiger partial charge in [-0.05, 0) is 41.4 Å². The van der Waals surface area contributed by atoms with Crippen molar-refractivity contribution >= 4 is 50.6 Å². The van der Waals surface area contributed by atoms with E-state index < -0.39 is 6.09 Å². The number of thioether (sulfide) groups is 1. The molecule has 166 valence electrons. The van der Waals surface area contributed by atoms with Gasteiger partial charge in [0.2, 0.25) is 0 Å². The van der Waals surface area contributed by atoms with Crippen LogP contribution in [0.5, 0.6) is 0 Å². The molecule has 2 saturated heterocycles. The SMILES string of the molecule is CCSC[C@H]1CN(c2ccc(N3CCN(c4ccc([N+](=O)[O-])s4)CC3)c(F)c2)C(=O)O1. The Morgan fingerprint density at radius 1 is 1.23 bits per heavy atom. The number of benzene rings is 1. The van der Waals surface area contributed by atoms with E-state index >= 15 is 0 Å². The first-order valence-electron chi connectivity index (χ1n) is 10.1. The molecule has 31 heavy (non-hydrogen) atoms. The number of nitro groups is 1. The molecule has 0 spiro atoms. The number of hydrogen-bond acceptors (Lipinski definition) is 8. The molecular formula is C20H23FN4O4S2. The van der Waals surface area contributed by atoms with Crippen molar-refractivity contribution in [2.75, 3.05) is 58.9 Å². The van der Waals surface area contributed by atoms with Gasteiger partial charge < -0.3 is 14.5 Å². The topological polar surface area (TPSA) is 79.2 Å².